The predicted octanol–water partition coefficient (Wildman–Crippen LogP) is 2.87. The number of nitrogens with one attached hydrogen (secondary N) is 1. The van der Waals surface area contributed by atoms with Gasteiger partial charge in [0, 0.05) is 19.5 Å². The maximum absolute atomic E-state index is 12.3. The summed E-state index contributed by atoms with van der Waals surface area (Å²) in [5.74, 6) is 1.91. The third-order valence-electron chi connectivity index (χ3n) is 4.51. The topological polar surface area (TPSA) is 41.6 Å². The fourth-order valence-corrected chi connectivity index (χ4v) is 3.06. The summed E-state index contributed by atoms with van der Waals surface area (Å²) in [5.41, 5.74) is 1.20. The van der Waals surface area contributed by atoms with Crippen molar-refractivity contribution in [1.82, 2.24) is 10.2 Å². The second-order valence-electron chi connectivity index (χ2n) is 6.21. The van der Waals surface area contributed by atoms with E-state index in [4.69, 9.17) is 4.74 Å². The zero-order valence-corrected chi connectivity index (χ0v) is 14.5. The first-order valence-corrected chi connectivity index (χ1v) is 8.93. The molecule has 0 unspecified atom stereocenters. The van der Waals surface area contributed by atoms with Crippen molar-refractivity contribution in [3.63, 3.8) is 0 Å². The van der Waals surface area contributed by atoms with Crippen LogP contribution < -0.4 is 10.1 Å². The summed E-state index contributed by atoms with van der Waals surface area (Å²) >= 11 is 0. The minimum absolute atomic E-state index is 0.292. The van der Waals surface area contributed by atoms with Crippen LogP contribution in [0.2, 0.25) is 0 Å². The van der Waals surface area contributed by atoms with Gasteiger partial charge in [0.1, 0.15) is 5.75 Å². The highest BCUT2D eigenvalue weighted by Gasteiger charge is 2.22. The third-order valence-corrected chi connectivity index (χ3v) is 4.51. The van der Waals surface area contributed by atoms with Gasteiger partial charge in [-0.25, -0.2) is 0 Å². The number of likely N-dealkylation sites (tertiary alicyclic amines) is 1. The molecular weight excluding hydrogens is 288 g/mol. The van der Waals surface area contributed by atoms with E-state index < -0.39 is 0 Å². The maximum Gasteiger partial charge on any atom is 0.222 e. The number of ether oxygens (including phenoxy) is 1. The Kier molecular flexibility index (Phi) is 7.40. The molecule has 2 rings (SSSR count). The zero-order valence-electron chi connectivity index (χ0n) is 14.5. The highest BCUT2D eigenvalue weighted by molar-refractivity contribution is 5.76. The van der Waals surface area contributed by atoms with E-state index in [-0.39, 0.29) is 0 Å². The number of amides is 1. The summed E-state index contributed by atoms with van der Waals surface area (Å²) in [5, 5.41) is 3.41. The Morgan fingerprint density at radius 2 is 1.91 bits per heavy atom. The fraction of sp³-hybridized carbons (Fsp3) is 0.632. The van der Waals surface area contributed by atoms with Gasteiger partial charge in [0.15, 0.2) is 0 Å². The zero-order chi connectivity index (χ0) is 16.5. The van der Waals surface area contributed by atoms with Gasteiger partial charge in [0.2, 0.25) is 5.91 Å². The molecule has 1 amide bonds. The first-order valence-electron chi connectivity index (χ1n) is 8.93. The van der Waals surface area contributed by atoms with Crippen molar-refractivity contribution in [3.05, 3.63) is 29.8 Å². The van der Waals surface area contributed by atoms with Crippen LogP contribution in [0.25, 0.3) is 0 Å². The standard InChI is InChI=1S/C19H30N2O2/c1-3-20-15-17-11-13-21(14-12-17)19(22)10-7-16-5-8-18(9-6-16)23-4-2/h5-6,8-9,17,20H,3-4,7,10-15H2,1-2H3. The van der Waals surface area contributed by atoms with Crippen LogP contribution in [0.5, 0.6) is 5.75 Å². The van der Waals surface area contributed by atoms with Gasteiger partial charge in [-0.2, -0.15) is 0 Å². The van der Waals surface area contributed by atoms with Crippen LogP contribution >= 0.6 is 0 Å². The van der Waals surface area contributed by atoms with E-state index in [2.05, 4.69) is 24.4 Å². The van der Waals surface area contributed by atoms with Crippen molar-refractivity contribution in [2.75, 3.05) is 32.8 Å². The van der Waals surface area contributed by atoms with E-state index in [1.165, 1.54) is 5.56 Å². The fourth-order valence-electron chi connectivity index (χ4n) is 3.06. The smallest absolute Gasteiger partial charge is 0.222 e. The molecule has 4 heteroatoms. The van der Waals surface area contributed by atoms with Gasteiger partial charge < -0.3 is 15.0 Å². The lowest BCUT2D eigenvalue weighted by Gasteiger charge is -2.32. The predicted molar refractivity (Wildman–Crippen MR) is 93.8 cm³/mol. The first kappa shape index (κ1) is 17.8. The molecule has 1 fully saturated rings. The molecule has 128 valence electrons. The first-order chi connectivity index (χ1) is 11.2. The summed E-state index contributed by atoms with van der Waals surface area (Å²) < 4.78 is 5.44. The van der Waals surface area contributed by atoms with Gasteiger partial charge in [0.05, 0.1) is 6.61 Å². The minimum Gasteiger partial charge on any atom is -0.494 e. The number of carbonyl (C=O) groups excluding carboxylic acids is 1. The van der Waals surface area contributed by atoms with Gasteiger partial charge in [-0.3, -0.25) is 4.79 Å². The number of benzene rings is 1. The van der Waals surface area contributed by atoms with Gasteiger partial charge in [-0.05, 0) is 62.9 Å². The van der Waals surface area contributed by atoms with E-state index in [0.29, 0.717) is 18.9 Å². The van der Waals surface area contributed by atoms with Crippen molar-refractivity contribution in [1.29, 1.82) is 0 Å². The summed E-state index contributed by atoms with van der Waals surface area (Å²) in [7, 11) is 0. The van der Waals surface area contributed by atoms with Crippen molar-refractivity contribution in [2.45, 2.75) is 39.5 Å². The van der Waals surface area contributed by atoms with Crippen molar-refractivity contribution >= 4 is 5.91 Å². The quantitative estimate of drug-likeness (QED) is 0.801. The molecule has 0 radical (unpaired) electrons. The molecule has 1 aliphatic rings. The number of hydrogen-bond acceptors (Lipinski definition) is 3. The van der Waals surface area contributed by atoms with Crippen LogP contribution in [-0.2, 0) is 11.2 Å². The molecule has 0 atom stereocenters. The molecule has 0 saturated carbocycles. The number of nitrogens with zero attached hydrogens (tertiary/aromatic N) is 1. The molecule has 1 heterocycles. The van der Waals surface area contributed by atoms with Gasteiger partial charge in [-0.15, -0.1) is 0 Å². The third kappa shape index (κ3) is 5.87. The molecule has 0 aromatic heterocycles. The molecule has 1 saturated heterocycles. The van der Waals surface area contributed by atoms with E-state index in [1.54, 1.807) is 0 Å². The number of carbonyl (C=O) groups is 1. The van der Waals surface area contributed by atoms with Crippen molar-refractivity contribution in [2.24, 2.45) is 5.92 Å². The van der Waals surface area contributed by atoms with Crippen LogP contribution in [0.4, 0.5) is 0 Å². The lowest BCUT2D eigenvalue weighted by atomic mass is 9.96. The largest absolute Gasteiger partial charge is 0.494 e. The number of rotatable bonds is 8. The normalized spacial score (nSPS) is 15.7. The lowest BCUT2D eigenvalue weighted by Crippen LogP contribution is -2.40. The number of piperidine rings is 1. The van der Waals surface area contributed by atoms with E-state index >= 15 is 0 Å². The number of hydrogen-bond donors (Lipinski definition) is 1. The molecule has 23 heavy (non-hydrogen) atoms. The lowest BCUT2D eigenvalue weighted by molar-refractivity contribution is -0.132. The van der Waals surface area contributed by atoms with Crippen molar-refractivity contribution < 1.29 is 9.53 Å². The van der Waals surface area contributed by atoms with Crippen LogP contribution in [0.1, 0.15) is 38.7 Å². The molecule has 1 aliphatic heterocycles. The SMILES string of the molecule is CCNCC1CCN(C(=O)CCc2ccc(OCC)cc2)CC1. The van der Waals surface area contributed by atoms with E-state index in [1.807, 2.05) is 24.0 Å². The van der Waals surface area contributed by atoms with E-state index in [9.17, 15) is 4.79 Å². The maximum atomic E-state index is 12.3. The minimum atomic E-state index is 0.292. The average molecular weight is 318 g/mol. The molecule has 0 spiro atoms. The average Bonchev–Trinajstić information content (AvgIpc) is 2.60. The molecule has 1 N–H and O–H groups in total. The summed E-state index contributed by atoms with van der Waals surface area (Å²) in [6.07, 6.45) is 3.66. The monoisotopic (exact) mass is 318 g/mol. The number of aryl methyl sites for hydroxylation is 1. The molecule has 0 aliphatic carbocycles. The van der Waals surface area contributed by atoms with Gasteiger partial charge >= 0.3 is 0 Å². The molecular formula is C19H30N2O2. The van der Waals surface area contributed by atoms with E-state index in [0.717, 1.165) is 57.1 Å². The summed E-state index contributed by atoms with van der Waals surface area (Å²) in [6, 6.07) is 8.08. The van der Waals surface area contributed by atoms with Crippen LogP contribution in [0, 0.1) is 5.92 Å². The molecule has 0 bridgehead atoms. The van der Waals surface area contributed by atoms with Crippen LogP contribution in [0.15, 0.2) is 24.3 Å². The Morgan fingerprint density at radius 1 is 1.22 bits per heavy atom. The second kappa shape index (κ2) is 9.56. The van der Waals surface area contributed by atoms with Crippen molar-refractivity contribution in [3.8, 4) is 5.75 Å². The van der Waals surface area contributed by atoms with Crippen LogP contribution in [0.3, 0.4) is 0 Å². The summed E-state index contributed by atoms with van der Waals surface area (Å²) in [6.45, 7) is 8.75. The highest BCUT2D eigenvalue weighted by atomic mass is 16.5. The van der Waals surface area contributed by atoms with Gasteiger partial charge in [0.25, 0.3) is 0 Å². The molecule has 1 aromatic rings. The Labute approximate surface area is 140 Å². The highest BCUT2D eigenvalue weighted by Crippen LogP contribution is 2.18. The molecule has 1 aromatic carbocycles. The van der Waals surface area contributed by atoms with Gasteiger partial charge in [-0.1, -0.05) is 19.1 Å². The molecule has 4 nitrogen and oxygen atoms in total. The Bertz CT molecular complexity index is 465. The Hall–Kier alpha value is -1.55. The second-order valence-corrected chi connectivity index (χ2v) is 6.21. The van der Waals surface area contributed by atoms with Crippen LogP contribution in [-0.4, -0.2) is 43.6 Å². The Morgan fingerprint density at radius 3 is 2.52 bits per heavy atom. The summed E-state index contributed by atoms with van der Waals surface area (Å²) in [4.78, 5) is 14.4. The Balaban J connectivity index is 1.70.